The molecule has 0 aliphatic rings. The number of non-ortho nitro benzene ring substituents is 1. The molecular weight excluding hydrogens is 733 g/mol. The van der Waals surface area contributed by atoms with E-state index in [9.17, 15) is 29.2 Å². The van der Waals surface area contributed by atoms with Crippen molar-refractivity contribution >= 4 is 42.2 Å². The number of nitrogens with zero attached hydrogens (tertiary/aromatic N) is 4. The Labute approximate surface area is 326 Å². The van der Waals surface area contributed by atoms with Gasteiger partial charge in [-0.05, 0) is 61.3 Å². The molecule has 1 aromatic heterocycles. The monoisotopic (exact) mass is 797 g/mol. The van der Waals surface area contributed by atoms with Gasteiger partial charge >= 0.3 is 17.6 Å². The summed E-state index contributed by atoms with van der Waals surface area (Å²) in [6, 6.07) is 2.86. The molecule has 17 heteroatoms. The smallest absolute Gasteiger partial charge is 0.306 e. The third-order valence-electron chi connectivity index (χ3n) is 8.77. The van der Waals surface area contributed by atoms with Crippen LogP contribution in [0.1, 0.15) is 122 Å². The van der Waals surface area contributed by atoms with Crippen LogP contribution < -0.4 is 10.2 Å². The highest BCUT2D eigenvalue weighted by Gasteiger charge is 2.22. The number of phosphoric ester groups is 1. The second-order valence-corrected chi connectivity index (χ2v) is 16.2. The number of esters is 2. The molecule has 0 bridgehead atoms. The summed E-state index contributed by atoms with van der Waals surface area (Å²) in [6.45, 7) is 2.16. The Hall–Kier alpha value is -3.43. The number of phosphoric acid groups is 1. The van der Waals surface area contributed by atoms with Gasteiger partial charge in [-0.2, -0.15) is 0 Å². The molecule has 312 valence electrons. The van der Waals surface area contributed by atoms with E-state index in [1.807, 2.05) is 21.1 Å². The third kappa shape index (κ3) is 22.7. The van der Waals surface area contributed by atoms with Crippen molar-refractivity contribution in [2.24, 2.45) is 0 Å². The van der Waals surface area contributed by atoms with Crippen molar-refractivity contribution in [3.05, 3.63) is 34.4 Å². The molecule has 1 N–H and O–H groups in total. The van der Waals surface area contributed by atoms with Gasteiger partial charge in [0.25, 0.3) is 7.82 Å². The van der Waals surface area contributed by atoms with E-state index >= 15 is 0 Å². The van der Waals surface area contributed by atoms with Gasteiger partial charge in [-0.3, -0.25) is 24.3 Å². The molecule has 1 aromatic carbocycles. The van der Waals surface area contributed by atoms with Crippen molar-refractivity contribution in [1.29, 1.82) is 0 Å². The van der Waals surface area contributed by atoms with Crippen LogP contribution in [-0.2, 0) is 32.7 Å². The van der Waals surface area contributed by atoms with Crippen LogP contribution in [0.2, 0.25) is 0 Å². The number of likely N-dealkylation sites (N-methyl/N-ethyl adjacent to an activating group) is 1. The molecule has 1 unspecified atom stereocenters. The standard InChI is InChI=1S/C38H64N5O11P/c1-5-6-7-8-9-10-11-12-13-14-15-16-17-18-20-23-35(44)50-30-32(31-52-55(48,49)51-29-28-43(2,3)4)53-36(45)24-21-19-22-27-39-33-25-26-34(42(46)47)38-37(33)40-54-41-38/h12-13,25-26,32H,5-11,14-24,27-31H2,1-4H3,(H-,39,41,48,49)/b13-12-/t32-/m1/s1. The lowest BCUT2D eigenvalue weighted by Crippen LogP contribution is -2.37. The minimum Gasteiger partial charge on any atom is -0.756 e. The van der Waals surface area contributed by atoms with Gasteiger partial charge in [0.2, 0.25) is 5.52 Å². The van der Waals surface area contributed by atoms with E-state index in [0.29, 0.717) is 48.9 Å². The van der Waals surface area contributed by atoms with E-state index in [2.05, 4.69) is 39.3 Å². The van der Waals surface area contributed by atoms with Crippen LogP contribution in [0.15, 0.2) is 28.9 Å². The summed E-state index contributed by atoms with van der Waals surface area (Å²) in [4.78, 5) is 48.2. The van der Waals surface area contributed by atoms with E-state index in [0.717, 1.165) is 38.5 Å². The highest BCUT2D eigenvalue weighted by atomic mass is 31.2. The predicted octanol–water partition coefficient (Wildman–Crippen LogP) is 7.80. The summed E-state index contributed by atoms with van der Waals surface area (Å²) in [5.74, 6) is -1.05. The highest BCUT2D eigenvalue weighted by molar-refractivity contribution is 7.45. The van der Waals surface area contributed by atoms with Crippen molar-refractivity contribution in [3.63, 3.8) is 0 Å². The summed E-state index contributed by atoms with van der Waals surface area (Å²) < 4.78 is 38.3. The number of hydrogen-bond acceptors (Lipinski definition) is 14. The van der Waals surface area contributed by atoms with E-state index in [1.54, 1.807) is 0 Å². The zero-order chi connectivity index (χ0) is 40.4. The molecule has 16 nitrogen and oxygen atoms in total. The van der Waals surface area contributed by atoms with Gasteiger partial charge in [-0.15, -0.1) is 0 Å². The number of benzene rings is 1. The van der Waals surface area contributed by atoms with Gasteiger partial charge in [-0.1, -0.05) is 76.9 Å². The minimum atomic E-state index is -4.70. The summed E-state index contributed by atoms with van der Waals surface area (Å²) in [6.07, 6.45) is 20.3. The van der Waals surface area contributed by atoms with Crippen molar-refractivity contribution in [3.8, 4) is 0 Å². The van der Waals surface area contributed by atoms with Crippen LogP contribution in [0.3, 0.4) is 0 Å². The minimum absolute atomic E-state index is 0.0450. The fraction of sp³-hybridized carbons (Fsp3) is 0.737. The molecule has 0 saturated heterocycles. The second-order valence-electron chi connectivity index (χ2n) is 14.8. The summed E-state index contributed by atoms with van der Waals surface area (Å²) in [5, 5.41) is 21.7. The molecule has 0 fully saturated rings. The number of hydrogen-bond donors (Lipinski definition) is 1. The van der Waals surface area contributed by atoms with Crippen LogP contribution in [0.25, 0.3) is 11.0 Å². The van der Waals surface area contributed by atoms with Crippen LogP contribution >= 0.6 is 7.82 Å². The molecule has 2 aromatic rings. The number of fused-ring (bicyclic) bond motifs is 1. The van der Waals surface area contributed by atoms with Gasteiger partial charge in [0, 0.05) is 25.5 Å². The van der Waals surface area contributed by atoms with Crippen LogP contribution in [0.5, 0.6) is 0 Å². The first kappa shape index (κ1) is 47.7. The number of nitro groups is 1. The molecule has 0 spiro atoms. The quantitative estimate of drug-likeness (QED) is 0.0139. The molecule has 1 heterocycles. The predicted molar refractivity (Wildman–Crippen MR) is 208 cm³/mol. The molecule has 0 saturated carbocycles. The third-order valence-corrected chi connectivity index (χ3v) is 9.73. The molecule has 2 atom stereocenters. The normalized spacial score (nSPS) is 13.5. The number of nitrogens with one attached hydrogen (secondary N) is 1. The highest BCUT2D eigenvalue weighted by Crippen LogP contribution is 2.38. The second kappa shape index (κ2) is 27.2. The lowest BCUT2D eigenvalue weighted by Gasteiger charge is -2.28. The lowest BCUT2D eigenvalue weighted by molar-refractivity contribution is -0.870. The van der Waals surface area contributed by atoms with Gasteiger partial charge in [0.15, 0.2) is 11.6 Å². The van der Waals surface area contributed by atoms with E-state index in [1.165, 1.54) is 50.7 Å². The van der Waals surface area contributed by atoms with E-state index in [-0.39, 0.29) is 42.8 Å². The average molecular weight is 798 g/mol. The molecule has 0 amide bonds. The number of anilines is 1. The molecule has 2 rings (SSSR count). The number of allylic oxidation sites excluding steroid dienone is 2. The first-order valence-electron chi connectivity index (χ1n) is 19.9. The topological polar surface area (TPSA) is 205 Å². The van der Waals surface area contributed by atoms with Gasteiger partial charge < -0.3 is 33.2 Å². The van der Waals surface area contributed by atoms with E-state index in [4.69, 9.17) is 18.5 Å². The largest absolute Gasteiger partial charge is 0.756 e. The van der Waals surface area contributed by atoms with E-state index < -0.39 is 37.4 Å². The van der Waals surface area contributed by atoms with Crippen molar-refractivity contribution < 1.29 is 51.6 Å². The number of carbonyl (C=O) groups is 2. The number of aromatic nitrogens is 2. The maximum absolute atomic E-state index is 12.7. The fourth-order valence-electron chi connectivity index (χ4n) is 5.53. The molecule has 0 radical (unpaired) electrons. The van der Waals surface area contributed by atoms with Gasteiger partial charge in [-0.25, -0.2) is 4.63 Å². The SMILES string of the molecule is CCCCCCCC/C=C\CCCCCCCC(=O)OC[C@H](COP(=O)([O-])OCC[N+](C)(C)C)OC(=O)CCCCCNc1ccc([N+](=O)[O-])c2nonc12. The van der Waals surface area contributed by atoms with Crippen molar-refractivity contribution in [2.45, 2.75) is 129 Å². The molecular formula is C38H64N5O11P. The number of rotatable bonds is 33. The zero-order valence-electron chi connectivity index (χ0n) is 33.4. The molecule has 55 heavy (non-hydrogen) atoms. The average Bonchev–Trinajstić information content (AvgIpc) is 3.62. The zero-order valence-corrected chi connectivity index (χ0v) is 34.3. The summed E-state index contributed by atoms with van der Waals surface area (Å²) >= 11 is 0. The molecule has 0 aliphatic heterocycles. The van der Waals surface area contributed by atoms with Crippen molar-refractivity contribution in [1.82, 2.24) is 10.3 Å². The number of quaternary nitrogens is 1. The summed E-state index contributed by atoms with van der Waals surface area (Å²) in [7, 11) is 0.979. The Kier molecular flexibility index (Phi) is 23.6. The Balaban J connectivity index is 1.70. The fourth-order valence-corrected chi connectivity index (χ4v) is 6.26. The van der Waals surface area contributed by atoms with Gasteiger partial charge in [0.05, 0.1) is 38.4 Å². The Morgan fingerprint density at radius 2 is 1.45 bits per heavy atom. The number of nitro benzene ring substituents is 1. The Morgan fingerprint density at radius 3 is 2.11 bits per heavy atom. The Morgan fingerprint density at radius 1 is 0.855 bits per heavy atom. The molecule has 0 aliphatic carbocycles. The van der Waals surface area contributed by atoms with Crippen LogP contribution in [0.4, 0.5) is 11.4 Å². The first-order valence-corrected chi connectivity index (χ1v) is 21.3. The van der Waals surface area contributed by atoms with Gasteiger partial charge in [0.1, 0.15) is 19.8 Å². The Bertz CT molecular complexity index is 1480. The van der Waals surface area contributed by atoms with Crippen LogP contribution in [-0.4, -0.2) is 91.8 Å². The number of ether oxygens (including phenoxy) is 2. The maximum Gasteiger partial charge on any atom is 0.306 e. The van der Waals surface area contributed by atoms with Crippen molar-refractivity contribution in [2.75, 3.05) is 59.4 Å². The van der Waals surface area contributed by atoms with Crippen LogP contribution in [0, 0.1) is 10.1 Å². The number of carbonyl (C=O) groups excluding carboxylic acids is 2. The first-order chi connectivity index (χ1) is 26.3. The number of unbranched alkanes of at least 4 members (excludes halogenated alkanes) is 13. The lowest BCUT2D eigenvalue weighted by atomic mass is 10.1. The summed E-state index contributed by atoms with van der Waals surface area (Å²) in [5.41, 5.74) is 0.630. The maximum atomic E-state index is 12.7.